The van der Waals surface area contributed by atoms with Crippen molar-refractivity contribution in [1.82, 2.24) is 30.9 Å². The molecule has 14 heteroatoms. The first-order valence-corrected chi connectivity index (χ1v) is 15.2. The van der Waals surface area contributed by atoms with Gasteiger partial charge in [0.05, 0.1) is 38.2 Å². The summed E-state index contributed by atoms with van der Waals surface area (Å²) in [6, 6.07) is 6.95. The van der Waals surface area contributed by atoms with Crippen molar-refractivity contribution < 1.29 is 28.6 Å². The second-order valence-electron chi connectivity index (χ2n) is 10.9. The molecule has 0 bridgehead atoms. The van der Waals surface area contributed by atoms with Gasteiger partial charge in [0.1, 0.15) is 19.3 Å². The van der Waals surface area contributed by atoms with E-state index in [1.54, 1.807) is 16.8 Å². The molecule has 1 heterocycles. The van der Waals surface area contributed by atoms with Gasteiger partial charge in [0.15, 0.2) is 0 Å². The zero-order chi connectivity index (χ0) is 32.2. The molecule has 0 aliphatic heterocycles. The number of anilines is 1. The van der Waals surface area contributed by atoms with Crippen molar-refractivity contribution in [2.45, 2.75) is 84.8 Å². The first-order chi connectivity index (χ1) is 21.2. The number of hydrogen-bond acceptors (Lipinski definition) is 10. The Hall–Kier alpha value is -3.43. The molecule has 6 N–H and O–H groups in total. The molecule has 0 aliphatic carbocycles. The molecule has 0 aliphatic rings. The van der Waals surface area contributed by atoms with E-state index in [1.807, 2.05) is 32.2 Å². The van der Waals surface area contributed by atoms with Gasteiger partial charge >= 0.3 is 0 Å². The third-order valence-electron chi connectivity index (χ3n) is 6.18. The van der Waals surface area contributed by atoms with Crippen molar-refractivity contribution in [3.63, 3.8) is 0 Å². The molecule has 1 aromatic heterocycles. The van der Waals surface area contributed by atoms with Crippen molar-refractivity contribution in [2.75, 3.05) is 44.8 Å². The number of hydrogen-bond donors (Lipinski definition) is 5. The van der Waals surface area contributed by atoms with Crippen molar-refractivity contribution in [3.8, 4) is 0 Å². The highest BCUT2D eigenvalue weighted by atomic mass is 16.5. The maximum Gasteiger partial charge on any atom is 0.246 e. The fraction of sp³-hybridized carbons (Fsp3) is 0.633. The summed E-state index contributed by atoms with van der Waals surface area (Å²) >= 11 is 0. The summed E-state index contributed by atoms with van der Waals surface area (Å²) in [5.41, 5.74) is 8.06. The van der Waals surface area contributed by atoms with Crippen LogP contribution in [0.5, 0.6) is 0 Å². The number of benzene rings is 1. The van der Waals surface area contributed by atoms with Crippen LogP contribution in [0.2, 0.25) is 0 Å². The summed E-state index contributed by atoms with van der Waals surface area (Å²) in [5.74, 6) is -1.21. The number of rotatable bonds is 23. The quantitative estimate of drug-likeness (QED) is 0.113. The van der Waals surface area contributed by atoms with Gasteiger partial charge in [-0.15, -0.1) is 5.10 Å². The highest BCUT2D eigenvalue weighted by Crippen LogP contribution is 2.13. The standard InChI is InChI=1S/C30H50N8O6/c1-22(2)33-17-26-18-38(37-36-26)14-16-42-15-13-32-28(39)20-43-21-29(40)35-27(7-5-6-12-31)30(41)34-25-10-8-24(9-11-25)19-44-23(3)4/h8-11,18,22-23,27,33H,5-7,12-17,19-21,31H2,1-4H3,(H,32,39)(H,34,41)(H,35,40)/t27-/m0/s1. The van der Waals surface area contributed by atoms with E-state index in [-0.39, 0.29) is 31.1 Å². The van der Waals surface area contributed by atoms with Gasteiger partial charge in [-0.05, 0) is 57.4 Å². The van der Waals surface area contributed by atoms with Gasteiger partial charge in [-0.25, -0.2) is 4.68 Å². The third kappa shape index (κ3) is 16.4. The molecule has 0 saturated heterocycles. The number of carbonyl (C=O) groups is 3. The molecule has 0 unspecified atom stereocenters. The van der Waals surface area contributed by atoms with Gasteiger partial charge in [-0.1, -0.05) is 31.2 Å². The van der Waals surface area contributed by atoms with Gasteiger partial charge in [0.2, 0.25) is 17.7 Å². The maximum atomic E-state index is 12.9. The summed E-state index contributed by atoms with van der Waals surface area (Å²) < 4.78 is 18.1. The van der Waals surface area contributed by atoms with E-state index in [9.17, 15) is 14.4 Å². The topological polar surface area (TPSA) is 184 Å². The Morgan fingerprint density at radius 2 is 1.73 bits per heavy atom. The van der Waals surface area contributed by atoms with Gasteiger partial charge in [-0.2, -0.15) is 0 Å². The zero-order valence-electron chi connectivity index (χ0n) is 26.5. The molecule has 1 aromatic carbocycles. The largest absolute Gasteiger partial charge is 0.378 e. The van der Waals surface area contributed by atoms with E-state index in [0.717, 1.165) is 17.7 Å². The minimum atomic E-state index is -0.770. The molecule has 2 aromatic rings. The molecule has 14 nitrogen and oxygen atoms in total. The number of nitrogens with zero attached hydrogens (tertiary/aromatic N) is 3. The molecular formula is C30H50N8O6. The Morgan fingerprint density at radius 3 is 2.43 bits per heavy atom. The number of unbranched alkanes of at least 4 members (excludes halogenated alkanes) is 1. The lowest BCUT2D eigenvalue weighted by atomic mass is 10.1. The molecular weight excluding hydrogens is 568 g/mol. The Kier molecular flexibility index (Phi) is 17.8. The molecule has 1 atom stereocenters. The third-order valence-corrected chi connectivity index (χ3v) is 6.18. The Balaban J connectivity index is 1.64. The minimum Gasteiger partial charge on any atom is -0.378 e. The first kappa shape index (κ1) is 36.8. The molecule has 0 saturated carbocycles. The van der Waals surface area contributed by atoms with Crippen molar-refractivity contribution >= 4 is 23.4 Å². The van der Waals surface area contributed by atoms with Crippen LogP contribution in [0, 0.1) is 0 Å². The predicted molar refractivity (Wildman–Crippen MR) is 166 cm³/mol. The second kappa shape index (κ2) is 21.3. The molecule has 246 valence electrons. The molecule has 3 amide bonds. The van der Waals surface area contributed by atoms with Crippen molar-refractivity contribution in [3.05, 3.63) is 41.7 Å². The highest BCUT2D eigenvalue weighted by Gasteiger charge is 2.21. The zero-order valence-corrected chi connectivity index (χ0v) is 26.5. The van der Waals surface area contributed by atoms with Crippen LogP contribution in [0.15, 0.2) is 30.5 Å². The second-order valence-corrected chi connectivity index (χ2v) is 10.9. The number of nitrogens with one attached hydrogen (secondary N) is 4. The predicted octanol–water partition coefficient (Wildman–Crippen LogP) is 1.10. The van der Waals surface area contributed by atoms with E-state index in [0.29, 0.717) is 70.6 Å². The summed E-state index contributed by atoms with van der Waals surface area (Å²) in [5, 5.41) is 19.7. The summed E-state index contributed by atoms with van der Waals surface area (Å²) in [6.07, 6.45) is 3.80. The lowest BCUT2D eigenvalue weighted by Crippen LogP contribution is -2.45. The Bertz CT molecular complexity index is 1110. The normalized spacial score (nSPS) is 12.0. The molecule has 2 rings (SSSR count). The minimum absolute atomic E-state index is 0.124. The van der Waals surface area contributed by atoms with Crippen LogP contribution < -0.4 is 27.0 Å². The summed E-state index contributed by atoms with van der Waals surface area (Å²) in [4.78, 5) is 37.5. The number of ether oxygens (including phenoxy) is 3. The Labute approximate surface area is 260 Å². The van der Waals surface area contributed by atoms with E-state index >= 15 is 0 Å². The van der Waals surface area contributed by atoms with Gasteiger partial charge in [-0.3, -0.25) is 14.4 Å². The average molecular weight is 619 g/mol. The van der Waals surface area contributed by atoms with E-state index in [4.69, 9.17) is 19.9 Å². The average Bonchev–Trinajstić information content (AvgIpc) is 3.44. The Morgan fingerprint density at radius 1 is 0.977 bits per heavy atom. The van der Waals surface area contributed by atoms with Crippen LogP contribution >= 0.6 is 0 Å². The van der Waals surface area contributed by atoms with Crippen LogP contribution in [0.25, 0.3) is 0 Å². The van der Waals surface area contributed by atoms with Gasteiger partial charge in [0, 0.05) is 31.0 Å². The lowest BCUT2D eigenvalue weighted by molar-refractivity contribution is -0.133. The van der Waals surface area contributed by atoms with Crippen LogP contribution in [-0.4, -0.2) is 90.4 Å². The van der Waals surface area contributed by atoms with Crippen molar-refractivity contribution in [2.24, 2.45) is 5.73 Å². The summed E-state index contributed by atoms with van der Waals surface area (Å²) in [7, 11) is 0. The van der Waals surface area contributed by atoms with Crippen LogP contribution in [-0.2, 0) is 48.3 Å². The van der Waals surface area contributed by atoms with E-state index < -0.39 is 11.9 Å². The molecule has 0 radical (unpaired) electrons. The molecule has 0 fully saturated rings. The van der Waals surface area contributed by atoms with Gasteiger partial charge in [0.25, 0.3) is 0 Å². The van der Waals surface area contributed by atoms with E-state index in [1.165, 1.54) is 0 Å². The number of amides is 3. The lowest BCUT2D eigenvalue weighted by Gasteiger charge is -2.19. The molecule has 0 spiro atoms. The van der Waals surface area contributed by atoms with Crippen LogP contribution in [0.3, 0.4) is 0 Å². The van der Waals surface area contributed by atoms with Gasteiger partial charge < -0.3 is 41.2 Å². The number of aromatic nitrogens is 3. The first-order valence-electron chi connectivity index (χ1n) is 15.2. The van der Waals surface area contributed by atoms with Crippen molar-refractivity contribution in [1.29, 1.82) is 0 Å². The SMILES string of the molecule is CC(C)NCc1cn(CCOCCNC(=O)COCC(=O)N[C@@H](CCCCN)C(=O)Nc2ccc(COC(C)C)cc2)nn1. The van der Waals surface area contributed by atoms with Crippen LogP contribution in [0.1, 0.15) is 58.2 Å². The molecule has 44 heavy (non-hydrogen) atoms. The number of carbonyl (C=O) groups excluding carboxylic acids is 3. The fourth-order valence-corrected chi connectivity index (χ4v) is 3.82. The van der Waals surface area contributed by atoms with Crippen LogP contribution in [0.4, 0.5) is 5.69 Å². The fourth-order valence-electron chi connectivity index (χ4n) is 3.82. The number of nitrogens with two attached hydrogens (primary N) is 1. The monoisotopic (exact) mass is 618 g/mol. The smallest absolute Gasteiger partial charge is 0.246 e. The van der Waals surface area contributed by atoms with E-state index in [2.05, 4.69) is 45.4 Å². The maximum absolute atomic E-state index is 12.9. The summed E-state index contributed by atoms with van der Waals surface area (Å²) in [6.45, 7) is 10.6. The highest BCUT2D eigenvalue weighted by molar-refractivity contribution is 5.97.